The first-order valence-electron chi connectivity index (χ1n) is 5.61. The molecule has 0 saturated carbocycles. The van der Waals surface area contributed by atoms with Gasteiger partial charge in [0.2, 0.25) is 0 Å². The largest absolute Gasteiger partial charge is 0.488 e. The third-order valence-corrected chi connectivity index (χ3v) is 2.90. The van der Waals surface area contributed by atoms with E-state index in [9.17, 15) is 0 Å². The minimum atomic E-state index is 0.598. The van der Waals surface area contributed by atoms with Crippen molar-refractivity contribution in [2.24, 2.45) is 0 Å². The number of nitrogen functional groups attached to an aromatic ring is 1. The molecule has 1 aliphatic rings. The molecule has 0 fully saturated rings. The van der Waals surface area contributed by atoms with E-state index in [1.807, 2.05) is 36.4 Å². The highest BCUT2D eigenvalue weighted by Crippen LogP contribution is 2.31. The lowest BCUT2D eigenvalue weighted by Crippen LogP contribution is -2.06. The van der Waals surface area contributed by atoms with E-state index in [2.05, 4.69) is 18.2 Å². The number of benzene rings is 2. The number of anilines is 1. The fourth-order valence-corrected chi connectivity index (χ4v) is 2.00. The van der Waals surface area contributed by atoms with E-state index in [0.717, 1.165) is 17.0 Å². The van der Waals surface area contributed by atoms with Crippen LogP contribution in [0.5, 0.6) is 5.75 Å². The summed E-state index contributed by atoms with van der Waals surface area (Å²) in [4.78, 5) is 0. The smallest absolute Gasteiger partial charge is 0.129 e. The van der Waals surface area contributed by atoms with Crippen LogP contribution in [0.15, 0.2) is 48.5 Å². The molecule has 1 aliphatic heterocycles. The second kappa shape index (κ2) is 3.98. The summed E-state index contributed by atoms with van der Waals surface area (Å²) in [7, 11) is 0. The fourth-order valence-electron chi connectivity index (χ4n) is 2.00. The lowest BCUT2D eigenvalue weighted by molar-refractivity contribution is 0.366. The maximum absolute atomic E-state index is 5.73. The Bertz CT molecular complexity index is 573. The Labute approximate surface area is 100 Å². The van der Waals surface area contributed by atoms with Gasteiger partial charge in [0.25, 0.3) is 0 Å². The van der Waals surface area contributed by atoms with E-state index in [4.69, 9.17) is 10.5 Å². The van der Waals surface area contributed by atoms with Gasteiger partial charge in [0.1, 0.15) is 12.4 Å². The van der Waals surface area contributed by atoms with Gasteiger partial charge in [0, 0.05) is 17.3 Å². The van der Waals surface area contributed by atoms with E-state index in [0.29, 0.717) is 6.61 Å². The van der Waals surface area contributed by atoms with E-state index < -0.39 is 0 Å². The Kier molecular flexibility index (Phi) is 2.33. The number of ether oxygens (including phenoxy) is 1. The lowest BCUT2D eigenvalue weighted by Gasteiger charge is -2.18. The lowest BCUT2D eigenvalue weighted by atomic mass is 10.0. The normalized spacial score (nSPS) is 13.5. The maximum Gasteiger partial charge on any atom is 0.129 e. The molecular weight excluding hydrogens is 210 g/mol. The van der Waals surface area contributed by atoms with Crippen molar-refractivity contribution in [2.45, 2.75) is 0 Å². The summed E-state index contributed by atoms with van der Waals surface area (Å²) < 4.78 is 5.72. The van der Waals surface area contributed by atoms with E-state index in [1.54, 1.807) is 0 Å². The molecule has 2 aromatic carbocycles. The number of hydrogen-bond acceptors (Lipinski definition) is 2. The standard InChI is InChI=1S/C15H13NO/c16-14-7-6-12-8-13(10-17-15(12)9-14)11-4-2-1-3-5-11/h1-9H,10,16H2. The van der Waals surface area contributed by atoms with Gasteiger partial charge in [0.15, 0.2) is 0 Å². The molecule has 0 atom stereocenters. The number of fused-ring (bicyclic) bond motifs is 1. The Morgan fingerprint density at radius 1 is 1.00 bits per heavy atom. The van der Waals surface area contributed by atoms with Crippen LogP contribution in [-0.4, -0.2) is 6.61 Å². The number of rotatable bonds is 1. The Hall–Kier alpha value is -2.22. The molecule has 0 unspecified atom stereocenters. The van der Waals surface area contributed by atoms with E-state index in [1.165, 1.54) is 11.1 Å². The van der Waals surface area contributed by atoms with Gasteiger partial charge in [0.05, 0.1) is 0 Å². The second-order valence-electron chi connectivity index (χ2n) is 4.12. The predicted octanol–water partition coefficient (Wildman–Crippen LogP) is 3.20. The van der Waals surface area contributed by atoms with Crippen molar-refractivity contribution >= 4 is 17.3 Å². The zero-order valence-electron chi connectivity index (χ0n) is 9.39. The predicted molar refractivity (Wildman–Crippen MR) is 70.7 cm³/mol. The Balaban J connectivity index is 2.03. The summed E-state index contributed by atoms with van der Waals surface area (Å²) >= 11 is 0. The molecule has 2 nitrogen and oxygen atoms in total. The minimum absolute atomic E-state index is 0.598. The van der Waals surface area contributed by atoms with Gasteiger partial charge in [-0.1, -0.05) is 30.3 Å². The highest BCUT2D eigenvalue weighted by molar-refractivity contribution is 5.86. The molecule has 0 amide bonds. The fraction of sp³-hybridized carbons (Fsp3) is 0.0667. The van der Waals surface area contributed by atoms with Crippen LogP contribution in [0, 0.1) is 0 Å². The summed E-state index contributed by atoms with van der Waals surface area (Å²) in [6, 6.07) is 16.0. The molecular formula is C15H13NO. The highest BCUT2D eigenvalue weighted by Gasteiger charge is 2.12. The molecule has 0 aromatic heterocycles. The molecule has 84 valence electrons. The van der Waals surface area contributed by atoms with Crippen LogP contribution >= 0.6 is 0 Å². The second-order valence-corrected chi connectivity index (χ2v) is 4.12. The van der Waals surface area contributed by atoms with Crippen molar-refractivity contribution < 1.29 is 4.74 Å². The summed E-state index contributed by atoms with van der Waals surface area (Å²) in [6.45, 7) is 0.598. The first-order valence-corrected chi connectivity index (χ1v) is 5.61. The SMILES string of the molecule is Nc1ccc2c(c1)OCC(c1ccccc1)=C2. The van der Waals surface area contributed by atoms with Crippen LogP contribution in [0.3, 0.4) is 0 Å². The highest BCUT2D eigenvalue weighted by atomic mass is 16.5. The van der Waals surface area contributed by atoms with Crippen LogP contribution in [-0.2, 0) is 0 Å². The van der Waals surface area contributed by atoms with Crippen LogP contribution in [0.1, 0.15) is 11.1 Å². The molecule has 1 heterocycles. The first kappa shape index (κ1) is 9.97. The topological polar surface area (TPSA) is 35.2 Å². The van der Waals surface area contributed by atoms with Crippen molar-refractivity contribution in [3.8, 4) is 5.75 Å². The van der Waals surface area contributed by atoms with Crippen molar-refractivity contribution in [3.05, 3.63) is 59.7 Å². The molecule has 3 rings (SSSR count). The average Bonchev–Trinajstić information content (AvgIpc) is 2.39. The van der Waals surface area contributed by atoms with Crippen molar-refractivity contribution in [2.75, 3.05) is 12.3 Å². The average molecular weight is 223 g/mol. The van der Waals surface area contributed by atoms with E-state index >= 15 is 0 Å². The monoisotopic (exact) mass is 223 g/mol. The zero-order valence-corrected chi connectivity index (χ0v) is 9.39. The molecule has 0 aliphatic carbocycles. The molecule has 0 spiro atoms. The van der Waals surface area contributed by atoms with Gasteiger partial charge >= 0.3 is 0 Å². The molecule has 0 saturated heterocycles. The number of hydrogen-bond donors (Lipinski definition) is 1. The molecule has 2 N–H and O–H groups in total. The Morgan fingerprint density at radius 2 is 1.82 bits per heavy atom. The quantitative estimate of drug-likeness (QED) is 0.753. The molecule has 0 radical (unpaired) electrons. The third-order valence-electron chi connectivity index (χ3n) is 2.90. The first-order chi connectivity index (χ1) is 8.33. The van der Waals surface area contributed by atoms with Gasteiger partial charge in [-0.3, -0.25) is 0 Å². The van der Waals surface area contributed by atoms with E-state index in [-0.39, 0.29) is 0 Å². The van der Waals surface area contributed by atoms with Gasteiger partial charge in [-0.2, -0.15) is 0 Å². The molecule has 0 bridgehead atoms. The molecule has 2 heteroatoms. The summed E-state index contributed by atoms with van der Waals surface area (Å²) in [5.41, 5.74) is 9.95. The summed E-state index contributed by atoms with van der Waals surface area (Å²) in [6.07, 6.45) is 2.16. The van der Waals surface area contributed by atoms with Crippen molar-refractivity contribution in [1.29, 1.82) is 0 Å². The summed E-state index contributed by atoms with van der Waals surface area (Å²) in [5, 5.41) is 0. The Morgan fingerprint density at radius 3 is 2.65 bits per heavy atom. The molecule has 17 heavy (non-hydrogen) atoms. The minimum Gasteiger partial charge on any atom is -0.488 e. The van der Waals surface area contributed by atoms with Gasteiger partial charge < -0.3 is 10.5 Å². The van der Waals surface area contributed by atoms with Crippen LogP contribution in [0.25, 0.3) is 11.6 Å². The van der Waals surface area contributed by atoms with Gasteiger partial charge in [-0.05, 0) is 29.3 Å². The van der Waals surface area contributed by atoms with Gasteiger partial charge in [-0.25, -0.2) is 0 Å². The number of nitrogens with two attached hydrogens (primary N) is 1. The van der Waals surface area contributed by atoms with Crippen molar-refractivity contribution in [1.82, 2.24) is 0 Å². The van der Waals surface area contributed by atoms with Crippen LogP contribution in [0.4, 0.5) is 5.69 Å². The molecule has 2 aromatic rings. The van der Waals surface area contributed by atoms with Crippen molar-refractivity contribution in [3.63, 3.8) is 0 Å². The summed E-state index contributed by atoms with van der Waals surface area (Å²) in [5.74, 6) is 0.865. The maximum atomic E-state index is 5.73. The van der Waals surface area contributed by atoms with Crippen LogP contribution in [0.2, 0.25) is 0 Å². The zero-order chi connectivity index (χ0) is 11.7. The third kappa shape index (κ3) is 1.89. The van der Waals surface area contributed by atoms with Gasteiger partial charge in [-0.15, -0.1) is 0 Å². The van der Waals surface area contributed by atoms with Crippen LogP contribution < -0.4 is 10.5 Å².